The van der Waals surface area contributed by atoms with E-state index in [0.29, 0.717) is 6.54 Å². The van der Waals surface area contributed by atoms with Crippen molar-refractivity contribution in [1.29, 1.82) is 0 Å². The van der Waals surface area contributed by atoms with E-state index in [1.807, 2.05) is 56.3 Å². The average Bonchev–Trinajstić information content (AvgIpc) is 2.67. The second-order valence-electron chi connectivity index (χ2n) is 7.75. The number of piperidine rings is 1. The maximum absolute atomic E-state index is 12.6. The predicted octanol–water partition coefficient (Wildman–Crippen LogP) is 3.90. The van der Waals surface area contributed by atoms with Crippen molar-refractivity contribution < 1.29 is 9.59 Å². The lowest BCUT2D eigenvalue weighted by atomic mass is 9.95. The second-order valence-corrected chi connectivity index (χ2v) is 7.75. The summed E-state index contributed by atoms with van der Waals surface area (Å²) in [6.07, 6.45) is 1.54. The number of amides is 2. The highest BCUT2D eigenvalue weighted by molar-refractivity contribution is 5.93. The smallest absolute Gasteiger partial charge is 0.238 e. The largest absolute Gasteiger partial charge is 0.326 e. The minimum atomic E-state index is -0.0121. The van der Waals surface area contributed by atoms with Crippen LogP contribution in [0.4, 0.5) is 11.4 Å². The summed E-state index contributed by atoms with van der Waals surface area (Å²) in [6.45, 7) is 8.00. The molecule has 1 aliphatic rings. The molecule has 0 radical (unpaired) electrons. The zero-order chi connectivity index (χ0) is 20.1. The van der Waals surface area contributed by atoms with E-state index in [-0.39, 0.29) is 17.7 Å². The molecular weight excluding hydrogens is 350 g/mol. The average molecular weight is 380 g/mol. The van der Waals surface area contributed by atoms with E-state index in [9.17, 15) is 9.59 Å². The van der Waals surface area contributed by atoms with Crippen molar-refractivity contribution in [1.82, 2.24) is 4.90 Å². The van der Waals surface area contributed by atoms with Gasteiger partial charge in [-0.25, -0.2) is 0 Å². The van der Waals surface area contributed by atoms with Crippen molar-refractivity contribution in [3.8, 4) is 0 Å². The Kier molecular flexibility index (Phi) is 6.47. The van der Waals surface area contributed by atoms with Crippen molar-refractivity contribution in [2.75, 3.05) is 30.3 Å². The Morgan fingerprint density at radius 2 is 1.54 bits per heavy atom. The maximum atomic E-state index is 12.6. The van der Waals surface area contributed by atoms with Gasteiger partial charge in [0.25, 0.3) is 0 Å². The second kappa shape index (κ2) is 9.02. The molecular formula is C23H29N3O2. The van der Waals surface area contributed by atoms with Gasteiger partial charge in [-0.15, -0.1) is 0 Å². The van der Waals surface area contributed by atoms with Gasteiger partial charge >= 0.3 is 0 Å². The molecule has 5 heteroatoms. The Hall–Kier alpha value is -2.66. The van der Waals surface area contributed by atoms with Gasteiger partial charge in [-0.2, -0.15) is 0 Å². The molecule has 2 N–H and O–H groups in total. The fourth-order valence-electron chi connectivity index (χ4n) is 3.46. The van der Waals surface area contributed by atoms with Crippen LogP contribution in [-0.4, -0.2) is 36.3 Å². The molecule has 0 bridgehead atoms. The van der Waals surface area contributed by atoms with E-state index in [2.05, 4.69) is 22.5 Å². The van der Waals surface area contributed by atoms with Crippen LogP contribution >= 0.6 is 0 Å². The number of nitrogens with zero attached hydrogens (tertiary/aromatic N) is 1. The molecule has 0 saturated carbocycles. The summed E-state index contributed by atoms with van der Waals surface area (Å²) < 4.78 is 0. The van der Waals surface area contributed by atoms with Crippen LogP contribution in [-0.2, 0) is 9.59 Å². The lowest BCUT2D eigenvalue weighted by Gasteiger charge is -2.30. The third kappa shape index (κ3) is 5.42. The van der Waals surface area contributed by atoms with E-state index < -0.39 is 0 Å². The van der Waals surface area contributed by atoms with Gasteiger partial charge in [0.1, 0.15) is 0 Å². The minimum Gasteiger partial charge on any atom is -0.326 e. The number of hydrogen-bond acceptors (Lipinski definition) is 3. The molecule has 0 spiro atoms. The van der Waals surface area contributed by atoms with E-state index in [1.54, 1.807) is 0 Å². The molecule has 1 heterocycles. The molecule has 3 rings (SSSR count). The van der Waals surface area contributed by atoms with Gasteiger partial charge in [-0.05, 0) is 82.1 Å². The quantitative estimate of drug-likeness (QED) is 0.828. The lowest BCUT2D eigenvalue weighted by Crippen LogP contribution is -2.41. The molecule has 2 aromatic carbocycles. The first-order chi connectivity index (χ1) is 13.4. The number of carbonyl (C=O) groups is 2. The molecule has 0 atom stereocenters. The predicted molar refractivity (Wildman–Crippen MR) is 114 cm³/mol. The first-order valence-electron chi connectivity index (χ1n) is 9.88. The highest BCUT2D eigenvalue weighted by atomic mass is 16.2. The SMILES string of the molecule is Cc1ccc(NC(=O)CN2CCC(C(=O)Nc3ccc(C)c(C)c3)CC2)cc1. The Labute approximate surface area is 167 Å². The summed E-state index contributed by atoms with van der Waals surface area (Å²) in [5, 5.41) is 5.97. The van der Waals surface area contributed by atoms with Crippen LogP contribution < -0.4 is 10.6 Å². The summed E-state index contributed by atoms with van der Waals surface area (Å²) in [5.41, 5.74) is 5.23. The highest BCUT2D eigenvalue weighted by Gasteiger charge is 2.26. The Morgan fingerprint density at radius 1 is 0.893 bits per heavy atom. The standard InChI is InChI=1S/C23H29N3O2/c1-16-4-7-20(8-5-16)24-22(27)15-26-12-10-19(11-13-26)23(28)25-21-9-6-17(2)18(3)14-21/h4-9,14,19H,10-13,15H2,1-3H3,(H,24,27)(H,25,28). The van der Waals surface area contributed by atoms with Gasteiger partial charge in [-0.3, -0.25) is 14.5 Å². The number of likely N-dealkylation sites (tertiary alicyclic amines) is 1. The Morgan fingerprint density at radius 3 is 2.18 bits per heavy atom. The van der Waals surface area contributed by atoms with E-state index >= 15 is 0 Å². The van der Waals surface area contributed by atoms with Crippen LogP contribution in [0.1, 0.15) is 29.5 Å². The van der Waals surface area contributed by atoms with Crippen LogP contribution in [0, 0.1) is 26.7 Å². The molecule has 0 unspecified atom stereocenters. The number of anilines is 2. The molecule has 2 amide bonds. The van der Waals surface area contributed by atoms with E-state index in [4.69, 9.17) is 0 Å². The fraction of sp³-hybridized carbons (Fsp3) is 0.391. The van der Waals surface area contributed by atoms with Gasteiger partial charge in [0.15, 0.2) is 0 Å². The van der Waals surface area contributed by atoms with Crippen molar-refractivity contribution in [2.24, 2.45) is 5.92 Å². The number of rotatable bonds is 5. The van der Waals surface area contributed by atoms with Crippen molar-refractivity contribution >= 4 is 23.2 Å². The molecule has 1 saturated heterocycles. The number of aryl methyl sites for hydroxylation is 3. The van der Waals surface area contributed by atoms with Gasteiger partial charge < -0.3 is 10.6 Å². The first kappa shape index (κ1) is 20.1. The normalized spacial score (nSPS) is 15.2. The molecule has 5 nitrogen and oxygen atoms in total. The molecule has 2 aromatic rings. The Bertz CT molecular complexity index is 837. The van der Waals surface area contributed by atoms with Gasteiger partial charge in [0.05, 0.1) is 6.54 Å². The van der Waals surface area contributed by atoms with E-state index in [0.717, 1.165) is 37.3 Å². The van der Waals surface area contributed by atoms with Gasteiger partial charge in [-0.1, -0.05) is 23.8 Å². The Balaban J connectivity index is 1.44. The molecule has 1 fully saturated rings. The van der Waals surface area contributed by atoms with Crippen LogP contribution in [0.3, 0.4) is 0 Å². The van der Waals surface area contributed by atoms with Crippen molar-refractivity contribution in [3.63, 3.8) is 0 Å². The minimum absolute atomic E-state index is 0.00183. The lowest BCUT2D eigenvalue weighted by molar-refractivity contribution is -0.121. The van der Waals surface area contributed by atoms with Crippen LogP contribution in [0.25, 0.3) is 0 Å². The zero-order valence-electron chi connectivity index (χ0n) is 16.9. The first-order valence-corrected chi connectivity index (χ1v) is 9.88. The molecule has 1 aliphatic heterocycles. The zero-order valence-corrected chi connectivity index (χ0v) is 16.9. The summed E-state index contributed by atoms with van der Waals surface area (Å²) in [5.74, 6) is 0.0620. The van der Waals surface area contributed by atoms with Crippen LogP contribution in [0.15, 0.2) is 42.5 Å². The highest BCUT2D eigenvalue weighted by Crippen LogP contribution is 2.21. The molecule has 28 heavy (non-hydrogen) atoms. The summed E-state index contributed by atoms with van der Waals surface area (Å²) >= 11 is 0. The molecule has 0 aliphatic carbocycles. The van der Waals surface area contributed by atoms with Crippen molar-refractivity contribution in [3.05, 3.63) is 59.2 Å². The molecule has 148 valence electrons. The summed E-state index contributed by atoms with van der Waals surface area (Å²) in [7, 11) is 0. The van der Waals surface area contributed by atoms with E-state index in [1.165, 1.54) is 16.7 Å². The third-order valence-corrected chi connectivity index (χ3v) is 5.44. The van der Waals surface area contributed by atoms with Gasteiger partial charge in [0, 0.05) is 17.3 Å². The number of benzene rings is 2. The number of nitrogens with one attached hydrogen (secondary N) is 2. The topological polar surface area (TPSA) is 61.4 Å². The number of hydrogen-bond donors (Lipinski definition) is 2. The maximum Gasteiger partial charge on any atom is 0.238 e. The van der Waals surface area contributed by atoms with Crippen LogP contribution in [0.5, 0.6) is 0 Å². The van der Waals surface area contributed by atoms with Gasteiger partial charge in [0.2, 0.25) is 11.8 Å². The fourth-order valence-corrected chi connectivity index (χ4v) is 3.46. The third-order valence-electron chi connectivity index (χ3n) is 5.44. The van der Waals surface area contributed by atoms with Crippen LogP contribution in [0.2, 0.25) is 0 Å². The number of carbonyl (C=O) groups excluding carboxylic acids is 2. The van der Waals surface area contributed by atoms with Crippen molar-refractivity contribution in [2.45, 2.75) is 33.6 Å². The molecule has 0 aromatic heterocycles. The summed E-state index contributed by atoms with van der Waals surface area (Å²) in [6, 6.07) is 13.8. The monoisotopic (exact) mass is 379 g/mol. The summed E-state index contributed by atoms with van der Waals surface area (Å²) in [4.78, 5) is 26.9.